The largest absolute Gasteiger partial charge is 0.378 e. The smallest absolute Gasteiger partial charge is 0.253 e. The molecular weight excluding hydrogens is 276 g/mol. The van der Waals surface area contributed by atoms with Crippen LogP contribution < -0.4 is 5.32 Å². The predicted molar refractivity (Wildman–Crippen MR) is 88.5 cm³/mol. The van der Waals surface area contributed by atoms with Crippen molar-refractivity contribution in [3.63, 3.8) is 0 Å². The van der Waals surface area contributed by atoms with Gasteiger partial charge < -0.3 is 15.3 Å². The second-order valence-electron chi connectivity index (χ2n) is 6.56. The van der Waals surface area contributed by atoms with Gasteiger partial charge in [0, 0.05) is 12.1 Å². The quantitative estimate of drug-likeness (QED) is 0.822. The van der Waals surface area contributed by atoms with E-state index in [0.29, 0.717) is 12.1 Å². The second kappa shape index (κ2) is 7.75. The minimum Gasteiger partial charge on any atom is -0.378 e. The van der Waals surface area contributed by atoms with E-state index in [4.69, 9.17) is 0 Å². The van der Waals surface area contributed by atoms with Crippen molar-refractivity contribution in [2.45, 2.75) is 50.2 Å². The maximum Gasteiger partial charge on any atom is 0.253 e. The molecule has 2 N–H and O–H groups in total. The van der Waals surface area contributed by atoms with Gasteiger partial charge in [-0.05, 0) is 32.5 Å². The normalized spacial score (nSPS) is 19.5. The number of carbonyl (C=O) groups is 1. The predicted octanol–water partition coefficient (Wildman–Crippen LogP) is 2.49. The van der Waals surface area contributed by atoms with Gasteiger partial charge in [0.25, 0.3) is 5.91 Å². The molecule has 1 amide bonds. The van der Waals surface area contributed by atoms with Crippen LogP contribution in [0.4, 0.5) is 0 Å². The fraction of sp³-hybridized carbons (Fsp3) is 0.611. The Morgan fingerprint density at radius 1 is 1.18 bits per heavy atom. The van der Waals surface area contributed by atoms with Gasteiger partial charge in [0.15, 0.2) is 6.10 Å². The highest BCUT2D eigenvalue weighted by Gasteiger charge is 2.34. The molecule has 2 rings (SSSR count). The molecule has 1 aromatic carbocycles. The molecule has 22 heavy (non-hydrogen) atoms. The standard InChI is InChI=1S/C18H28N2O2/c1-20(2)18(12-8-3-4-9-13-18)14-19-17(22)16(21)15-10-6-5-7-11-15/h5-7,10-11,16,21H,3-4,8-9,12-14H2,1-2H3,(H,19,22)/t16-/m1/s1. The Labute approximate surface area is 133 Å². The zero-order valence-corrected chi connectivity index (χ0v) is 13.7. The SMILES string of the molecule is CN(C)C1(CNC(=O)[C@H](O)c2ccccc2)CCCCCC1. The van der Waals surface area contributed by atoms with Crippen molar-refractivity contribution in [2.75, 3.05) is 20.6 Å². The van der Waals surface area contributed by atoms with Crippen molar-refractivity contribution in [1.29, 1.82) is 0 Å². The molecule has 0 saturated heterocycles. The molecule has 1 saturated carbocycles. The van der Waals surface area contributed by atoms with Gasteiger partial charge in [0.1, 0.15) is 0 Å². The van der Waals surface area contributed by atoms with Gasteiger partial charge in [0.2, 0.25) is 0 Å². The van der Waals surface area contributed by atoms with Crippen LogP contribution in [0.2, 0.25) is 0 Å². The minimum absolute atomic E-state index is 0.0164. The van der Waals surface area contributed by atoms with Gasteiger partial charge in [-0.15, -0.1) is 0 Å². The molecule has 122 valence electrons. The van der Waals surface area contributed by atoms with Crippen LogP contribution in [0.1, 0.15) is 50.2 Å². The summed E-state index contributed by atoms with van der Waals surface area (Å²) < 4.78 is 0. The fourth-order valence-electron chi connectivity index (χ4n) is 3.30. The van der Waals surface area contributed by atoms with Crippen molar-refractivity contribution in [2.24, 2.45) is 0 Å². The lowest BCUT2D eigenvalue weighted by Gasteiger charge is -2.40. The van der Waals surface area contributed by atoms with Gasteiger partial charge in [-0.1, -0.05) is 56.0 Å². The minimum atomic E-state index is -1.09. The summed E-state index contributed by atoms with van der Waals surface area (Å²) in [6.45, 7) is 0.600. The molecule has 0 unspecified atom stereocenters. The van der Waals surface area contributed by atoms with Gasteiger partial charge in [-0.2, -0.15) is 0 Å². The van der Waals surface area contributed by atoms with Crippen molar-refractivity contribution in [3.8, 4) is 0 Å². The first-order valence-corrected chi connectivity index (χ1v) is 8.23. The molecular formula is C18H28N2O2. The molecule has 4 nitrogen and oxygen atoms in total. The zero-order valence-electron chi connectivity index (χ0n) is 13.7. The summed E-state index contributed by atoms with van der Waals surface area (Å²) in [6, 6.07) is 9.09. The number of hydrogen-bond acceptors (Lipinski definition) is 3. The molecule has 0 bridgehead atoms. The summed E-state index contributed by atoms with van der Waals surface area (Å²) in [5.74, 6) is -0.309. The molecule has 4 heteroatoms. The number of hydrogen-bond donors (Lipinski definition) is 2. The Balaban J connectivity index is 1.98. The van der Waals surface area contributed by atoms with Crippen LogP contribution in [0.3, 0.4) is 0 Å². The lowest BCUT2D eigenvalue weighted by molar-refractivity contribution is -0.130. The van der Waals surface area contributed by atoms with E-state index in [1.807, 2.05) is 18.2 Å². The fourth-order valence-corrected chi connectivity index (χ4v) is 3.30. The number of aliphatic hydroxyl groups excluding tert-OH is 1. The molecule has 1 atom stereocenters. The lowest BCUT2D eigenvalue weighted by atomic mass is 9.88. The second-order valence-corrected chi connectivity index (χ2v) is 6.56. The molecule has 1 aliphatic carbocycles. The van der Waals surface area contributed by atoms with Crippen LogP contribution in [0.5, 0.6) is 0 Å². The van der Waals surface area contributed by atoms with Crippen LogP contribution in [0.25, 0.3) is 0 Å². The van der Waals surface area contributed by atoms with Gasteiger partial charge in [0.05, 0.1) is 0 Å². The summed E-state index contributed by atoms with van der Waals surface area (Å²) in [6.07, 6.45) is 6.06. The number of benzene rings is 1. The van der Waals surface area contributed by atoms with Crippen LogP contribution in [0, 0.1) is 0 Å². The van der Waals surface area contributed by atoms with Crippen molar-refractivity contribution >= 4 is 5.91 Å². The molecule has 0 aliphatic heterocycles. The molecule has 1 fully saturated rings. The first-order valence-electron chi connectivity index (χ1n) is 8.23. The maximum absolute atomic E-state index is 12.3. The van der Waals surface area contributed by atoms with Crippen molar-refractivity contribution < 1.29 is 9.90 Å². The summed E-state index contributed by atoms with van der Waals surface area (Å²) in [5, 5.41) is 13.1. The number of amides is 1. The monoisotopic (exact) mass is 304 g/mol. The van der Waals surface area contributed by atoms with Crippen LogP contribution in [-0.2, 0) is 4.79 Å². The zero-order chi connectivity index (χ0) is 16.0. The van der Waals surface area contributed by atoms with E-state index in [1.165, 1.54) is 25.7 Å². The van der Waals surface area contributed by atoms with Crippen LogP contribution in [0.15, 0.2) is 30.3 Å². The molecule has 1 aromatic rings. The van der Waals surface area contributed by atoms with Crippen molar-refractivity contribution in [1.82, 2.24) is 10.2 Å². The number of nitrogens with one attached hydrogen (secondary N) is 1. The summed E-state index contributed by atoms with van der Waals surface area (Å²) >= 11 is 0. The van der Waals surface area contributed by atoms with E-state index < -0.39 is 6.10 Å². The highest BCUT2D eigenvalue weighted by molar-refractivity contribution is 5.81. The Hall–Kier alpha value is -1.39. The highest BCUT2D eigenvalue weighted by atomic mass is 16.3. The molecule has 0 radical (unpaired) electrons. The van der Waals surface area contributed by atoms with Gasteiger partial charge in [-0.3, -0.25) is 4.79 Å². The van der Waals surface area contributed by atoms with E-state index in [9.17, 15) is 9.90 Å². The Morgan fingerprint density at radius 3 is 2.32 bits per heavy atom. The molecule has 0 heterocycles. The number of nitrogens with zero attached hydrogens (tertiary/aromatic N) is 1. The van der Waals surface area contributed by atoms with Gasteiger partial charge in [-0.25, -0.2) is 0 Å². The van der Waals surface area contributed by atoms with E-state index in [2.05, 4.69) is 24.3 Å². The average molecular weight is 304 g/mol. The first kappa shape index (κ1) is 17.0. The Morgan fingerprint density at radius 2 is 1.77 bits per heavy atom. The maximum atomic E-state index is 12.3. The van der Waals surface area contributed by atoms with E-state index in [1.54, 1.807) is 12.1 Å². The Kier molecular flexibility index (Phi) is 5.98. The number of rotatable bonds is 5. The topological polar surface area (TPSA) is 52.6 Å². The van der Waals surface area contributed by atoms with E-state index in [-0.39, 0.29) is 11.4 Å². The number of carbonyl (C=O) groups excluding carboxylic acids is 1. The average Bonchev–Trinajstić information content (AvgIpc) is 2.79. The third-order valence-corrected chi connectivity index (χ3v) is 4.94. The summed E-state index contributed by atoms with van der Waals surface area (Å²) in [7, 11) is 4.18. The number of likely N-dealkylation sites (N-methyl/N-ethyl adjacent to an activating group) is 1. The molecule has 0 aromatic heterocycles. The summed E-state index contributed by atoms with van der Waals surface area (Å²) in [5.41, 5.74) is 0.655. The number of aliphatic hydroxyl groups is 1. The Bertz CT molecular complexity index is 465. The third kappa shape index (κ3) is 4.08. The molecule has 0 spiro atoms. The highest BCUT2D eigenvalue weighted by Crippen LogP contribution is 2.30. The lowest BCUT2D eigenvalue weighted by Crippen LogP contribution is -2.53. The van der Waals surface area contributed by atoms with E-state index in [0.717, 1.165) is 12.8 Å². The van der Waals surface area contributed by atoms with E-state index >= 15 is 0 Å². The molecule has 1 aliphatic rings. The third-order valence-electron chi connectivity index (χ3n) is 4.94. The van der Waals surface area contributed by atoms with Crippen molar-refractivity contribution in [3.05, 3.63) is 35.9 Å². The summed E-state index contributed by atoms with van der Waals surface area (Å²) in [4.78, 5) is 14.5. The first-order chi connectivity index (χ1) is 10.6. The van der Waals surface area contributed by atoms with Crippen LogP contribution in [-0.4, -0.2) is 42.1 Å². The van der Waals surface area contributed by atoms with Crippen LogP contribution >= 0.6 is 0 Å². The van der Waals surface area contributed by atoms with Gasteiger partial charge >= 0.3 is 0 Å².